The first-order valence-electron chi connectivity index (χ1n) is 20.9. The predicted octanol–water partition coefficient (Wildman–Crippen LogP) is 6.53. The van der Waals surface area contributed by atoms with E-state index in [0.29, 0.717) is 24.1 Å². The van der Waals surface area contributed by atoms with Crippen molar-refractivity contribution in [3.63, 3.8) is 0 Å². The molecule has 2 saturated heterocycles. The fourth-order valence-corrected chi connectivity index (χ4v) is 7.86. The van der Waals surface area contributed by atoms with Crippen LogP contribution in [0.15, 0.2) is 77.7 Å². The number of aryl methyl sites for hydroxylation is 1. The molecular formula is C45H52N12O4. The van der Waals surface area contributed by atoms with E-state index in [9.17, 15) is 14.4 Å². The van der Waals surface area contributed by atoms with Crippen molar-refractivity contribution in [2.24, 2.45) is 5.92 Å². The van der Waals surface area contributed by atoms with Gasteiger partial charge in [0.15, 0.2) is 5.82 Å². The quantitative estimate of drug-likeness (QED) is 0.0791. The third kappa shape index (κ3) is 9.39. The van der Waals surface area contributed by atoms with E-state index in [1.54, 1.807) is 6.33 Å². The SMILES string of the molecule is Cc1cc(-c2ncnc3[nH]c(-c4ccc(NCCNCC5CCN(c6ccc(N7CCC(=O)NC7=O)nc6)CC5)cc4)cc23)ccc1[C@@H](C)NC(=O)c1nc(C(C)(C)C)no1. The summed E-state index contributed by atoms with van der Waals surface area (Å²) in [6, 6.07) is 19.8. The summed E-state index contributed by atoms with van der Waals surface area (Å²) in [7, 11) is 0. The summed E-state index contributed by atoms with van der Waals surface area (Å²) in [4.78, 5) is 61.8. The normalized spacial score (nSPS) is 15.6. The highest BCUT2D eigenvalue weighted by Crippen LogP contribution is 2.32. The number of benzene rings is 2. The van der Waals surface area contributed by atoms with E-state index in [1.165, 1.54) is 4.90 Å². The second kappa shape index (κ2) is 17.5. The Morgan fingerprint density at radius 3 is 2.44 bits per heavy atom. The van der Waals surface area contributed by atoms with Gasteiger partial charge in [0.25, 0.3) is 0 Å². The van der Waals surface area contributed by atoms with Crippen LogP contribution in [-0.4, -0.2) is 87.2 Å². The summed E-state index contributed by atoms with van der Waals surface area (Å²) < 4.78 is 5.24. The molecule has 4 aromatic heterocycles. The number of imide groups is 1. The smallest absolute Gasteiger partial charge is 0.329 e. The number of hydrogen-bond acceptors (Lipinski definition) is 12. The zero-order valence-electron chi connectivity index (χ0n) is 35.2. The van der Waals surface area contributed by atoms with Crippen LogP contribution in [0.3, 0.4) is 0 Å². The summed E-state index contributed by atoms with van der Waals surface area (Å²) in [5.74, 6) is 0.936. The number of aromatic amines is 1. The molecule has 1 atom stereocenters. The number of aromatic nitrogens is 6. The topological polar surface area (TPSA) is 199 Å². The predicted molar refractivity (Wildman–Crippen MR) is 234 cm³/mol. The zero-order chi connectivity index (χ0) is 42.7. The Balaban J connectivity index is 0.796. The number of nitrogens with zero attached hydrogens (tertiary/aromatic N) is 7. The van der Waals surface area contributed by atoms with Crippen LogP contribution in [0.2, 0.25) is 0 Å². The number of carbonyl (C=O) groups is 3. The number of nitrogens with one attached hydrogen (secondary N) is 5. The van der Waals surface area contributed by atoms with E-state index in [0.717, 1.165) is 102 Å². The van der Waals surface area contributed by atoms with Crippen molar-refractivity contribution in [1.82, 2.24) is 46.0 Å². The number of urea groups is 1. The van der Waals surface area contributed by atoms with E-state index in [-0.39, 0.29) is 29.7 Å². The molecule has 0 aliphatic carbocycles. The van der Waals surface area contributed by atoms with Crippen molar-refractivity contribution in [1.29, 1.82) is 0 Å². The van der Waals surface area contributed by atoms with Crippen LogP contribution in [0.5, 0.6) is 0 Å². The number of pyridine rings is 1. The molecule has 2 fully saturated rings. The first kappa shape index (κ1) is 41.1. The largest absolute Gasteiger partial charge is 0.384 e. The van der Waals surface area contributed by atoms with Gasteiger partial charge in [0.2, 0.25) is 5.91 Å². The minimum absolute atomic E-state index is 0.0507. The van der Waals surface area contributed by atoms with Crippen LogP contribution >= 0.6 is 0 Å². The van der Waals surface area contributed by atoms with Gasteiger partial charge in [-0.05, 0) is 92.2 Å². The van der Waals surface area contributed by atoms with Crippen LogP contribution in [0.25, 0.3) is 33.5 Å². The van der Waals surface area contributed by atoms with Crippen LogP contribution in [0.1, 0.15) is 80.6 Å². The summed E-state index contributed by atoms with van der Waals surface area (Å²) in [6.45, 7) is 14.8. The van der Waals surface area contributed by atoms with Gasteiger partial charge in [-0.25, -0.2) is 19.7 Å². The number of amides is 4. The van der Waals surface area contributed by atoms with E-state index in [4.69, 9.17) is 4.52 Å². The third-order valence-corrected chi connectivity index (χ3v) is 11.4. The van der Waals surface area contributed by atoms with Crippen LogP contribution in [-0.2, 0) is 10.2 Å². The fourth-order valence-electron chi connectivity index (χ4n) is 7.86. The molecule has 0 spiro atoms. The molecule has 6 aromatic rings. The molecular weight excluding hydrogens is 773 g/mol. The van der Waals surface area contributed by atoms with Gasteiger partial charge < -0.3 is 30.4 Å². The molecule has 5 N–H and O–H groups in total. The fraction of sp³-hybridized carbons (Fsp3) is 0.378. The van der Waals surface area contributed by atoms with Gasteiger partial charge in [-0.15, -0.1) is 0 Å². The Labute approximate surface area is 354 Å². The van der Waals surface area contributed by atoms with E-state index < -0.39 is 11.9 Å². The van der Waals surface area contributed by atoms with Gasteiger partial charge in [0.1, 0.15) is 17.8 Å². The lowest BCUT2D eigenvalue weighted by atomic mass is 9.96. The lowest BCUT2D eigenvalue weighted by Gasteiger charge is -2.34. The highest BCUT2D eigenvalue weighted by atomic mass is 16.5. The second-order valence-electron chi connectivity index (χ2n) is 16.9. The molecule has 2 aromatic carbocycles. The maximum Gasteiger partial charge on any atom is 0.329 e. The average Bonchev–Trinajstić information content (AvgIpc) is 3.94. The summed E-state index contributed by atoms with van der Waals surface area (Å²) in [5, 5.41) is 17.4. The van der Waals surface area contributed by atoms with Gasteiger partial charge >= 0.3 is 17.8 Å². The van der Waals surface area contributed by atoms with Crippen LogP contribution in [0, 0.1) is 12.8 Å². The van der Waals surface area contributed by atoms with E-state index >= 15 is 0 Å². The van der Waals surface area contributed by atoms with Crippen molar-refractivity contribution in [3.8, 4) is 22.5 Å². The Morgan fingerprint density at radius 1 is 0.951 bits per heavy atom. The van der Waals surface area contributed by atoms with Gasteiger partial charge in [0, 0.05) is 66.9 Å². The number of H-pyrrole nitrogens is 1. The highest BCUT2D eigenvalue weighted by molar-refractivity contribution is 6.05. The number of rotatable bonds is 13. The minimum atomic E-state index is -0.420. The van der Waals surface area contributed by atoms with Crippen LogP contribution in [0.4, 0.5) is 22.0 Å². The van der Waals surface area contributed by atoms with Crippen LogP contribution < -0.4 is 31.1 Å². The molecule has 6 heterocycles. The number of anilines is 3. The second-order valence-corrected chi connectivity index (χ2v) is 16.9. The van der Waals surface area contributed by atoms with Crippen molar-refractivity contribution in [2.75, 3.05) is 54.4 Å². The van der Waals surface area contributed by atoms with E-state index in [1.807, 2.05) is 65.1 Å². The monoisotopic (exact) mass is 824 g/mol. The summed E-state index contributed by atoms with van der Waals surface area (Å²) in [5.41, 5.74) is 8.30. The molecule has 16 heteroatoms. The third-order valence-electron chi connectivity index (χ3n) is 11.4. The Hall–Kier alpha value is -6.68. The molecule has 2 aliphatic heterocycles. The number of fused-ring (bicyclic) bond motifs is 1. The van der Waals surface area contributed by atoms with E-state index in [2.05, 4.69) is 92.6 Å². The van der Waals surface area contributed by atoms with Crippen molar-refractivity contribution >= 4 is 46.1 Å². The Bertz CT molecular complexity index is 2520. The molecule has 0 bridgehead atoms. The maximum absolute atomic E-state index is 12.9. The first-order chi connectivity index (χ1) is 29.4. The first-order valence-corrected chi connectivity index (χ1v) is 20.9. The number of piperidine rings is 1. The molecule has 4 amide bonds. The molecule has 0 saturated carbocycles. The number of hydrogen-bond donors (Lipinski definition) is 5. The molecule has 8 rings (SSSR count). The minimum Gasteiger partial charge on any atom is -0.384 e. The molecule has 0 radical (unpaired) electrons. The standard InChI is InChI=1S/C45H52N12O4/c1-27-22-31(8-12-34(27)28(2)51-41(59)42-54-43(55-61-42)45(3,4)5)39-35-23-36(52-40(35)50-26-49-39)30-6-9-32(10-7-30)47-18-17-46-24-29-14-19-56(20-15-29)33-11-13-37(48-25-33)57-21-16-38(58)53-44(57)60/h6-13,22-23,25-26,28-29,46-47H,14-21,24H2,1-5H3,(H,51,59)(H,49,50,52)(H,53,58,60)/t28-/m1/s1. The molecule has 61 heavy (non-hydrogen) atoms. The lowest BCUT2D eigenvalue weighted by Crippen LogP contribution is -2.49. The Morgan fingerprint density at radius 2 is 1.74 bits per heavy atom. The summed E-state index contributed by atoms with van der Waals surface area (Å²) >= 11 is 0. The van der Waals surface area contributed by atoms with Gasteiger partial charge in [0.05, 0.1) is 23.6 Å². The maximum atomic E-state index is 12.9. The number of carbonyl (C=O) groups excluding carboxylic acids is 3. The average molecular weight is 825 g/mol. The molecule has 0 unspecified atom stereocenters. The lowest BCUT2D eigenvalue weighted by molar-refractivity contribution is -0.120. The zero-order valence-corrected chi connectivity index (χ0v) is 35.2. The molecule has 316 valence electrons. The highest BCUT2D eigenvalue weighted by Gasteiger charge is 2.27. The van der Waals surface area contributed by atoms with Crippen molar-refractivity contribution in [3.05, 3.63) is 96.0 Å². The summed E-state index contributed by atoms with van der Waals surface area (Å²) in [6.07, 6.45) is 5.86. The van der Waals surface area contributed by atoms with Crippen molar-refractivity contribution < 1.29 is 18.9 Å². The van der Waals surface area contributed by atoms with Gasteiger partial charge in [-0.1, -0.05) is 50.2 Å². The molecule has 2 aliphatic rings. The van der Waals surface area contributed by atoms with Gasteiger partial charge in [-0.3, -0.25) is 19.8 Å². The van der Waals surface area contributed by atoms with Gasteiger partial charge in [-0.2, -0.15) is 4.98 Å². The Kier molecular flexibility index (Phi) is 11.8. The molecule has 16 nitrogen and oxygen atoms in total. The van der Waals surface area contributed by atoms with Crippen molar-refractivity contribution in [2.45, 2.75) is 65.3 Å².